The Bertz CT molecular complexity index is 561. The molecule has 0 unspecified atom stereocenters. The SMILES string of the molecule is O=C(O)COCCNC(=O)Cn1ccc(=O)[nH]c1=O. The van der Waals surface area contributed by atoms with Crippen molar-refractivity contribution in [1.29, 1.82) is 0 Å². The third-order valence-corrected chi connectivity index (χ3v) is 2.00. The van der Waals surface area contributed by atoms with E-state index in [1.807, 2.05) is 4.98 Å². The molecule has 3 N–H and O–H groups in total. The van der Waals surface area contributed by atoms with Crippen molar-refractivity contribution in [2.24, 2.45) is 0 Å². The molecule has 0 spiro atoms. The lowest BCUT2D eigenvalue weighted by Gasteiger charge is -2.06. The molecule has 0 aliphatic heterocycles. The summed E-state index contributed by atoms with van der Waals surface area (Å²) >= 11 is 0. The van der Waals surface area contributed by atoms with E-state index < -0.39 is 29.7 Å². The van der Waals surface area contributed by atoms with Crippen LogP contribution in [0.5, 0.6) is 0 Å². The summed E-state index contributed by atoms with van der Waals surface area (Å²) in [5, 5.41) is 10.7. The van der Waals surface area contributed by atoms with E-state index in [1.54, 1.807) is 0 Å². The summed E-state index contributed by atoms with van der Waals surface area (Å²) in [5.74, 6) is -1.54. The van der Waals surface area contributed by atoms with Gasteiger partial charge in [-0.25, -0.2) is 9.59 Å². The average molecular weight is 271 g/mol. The summed E-state index contributed by atoms with van der Waals surface area (Å²) < 4.78 is 5.74. The highest BCUT2D eigenvalue weighted by Crippen LogP contribution is 1.79. The molecule has 0 aliphatic rings. The molecule has 1 aromatic heterocycles. The van der Waals surface area contributed by atoms with Crippen molar-refractivity contribution in [3.05, 3.63) is 33.1 Å². The lowest BCUT2D eigenvalue weighted by atomic mass is 10.5. The molecule has 1 amide bonds. The normalized spacial score (nSPS) is 10.1. The Morgan fingerprint density at radius 1 is 1.42 bits per heavy atom. The number of carboxylic acid groups (broad SMARTS) is 1. The maximum atomic E-state index is 11.4. The number of amides is 1. The standard InChI is InChI=1S/C10H13N3O6/c14-7-1-3-13(10(18)12-7)5-8(15)11-2-4-19-6-9(16)17/h1,3H,2,4-6H2,(H,11,15)(H,16,17)(H,12,14,18). The van der Waals surface area contributed by atoms with Gasteiger partial charge in [0.25, 0.3) is 5.56 Å². The predicted octanol–water partition coefficient (Wildman–Crippen LogP) is -2.25. The lowest BCUT2D eigenvalue weighted by Crippen LogP contribution is -2.36. The third-order valence-electron chi connectivity index (χ3n) is 2.00. The Balaban J connectivity index is 2.33. The fourth-order valence-corrected chi connectivity index (χ4v) is 1.20. The first-order valence-corrected chi connectivity index (χ1v) is 5.35. The van der Waals surface area contributed by atoms with E-state index in [-0.39, 0.29) is 19.7 Å². The number of rotatable bonds is 7. The summed E-state index contributed by atoms with van der Waals surface area (Å²) in [6, 6.07) is 1.13. The topological polar surface area (TPSA) is 130 Å². The van der Waals surface area contributed by atoms with E-state index in [1.165, 1.54) is 6.20 Å². The fraction of sp³-hybridized carbons (Fsp3) is 0.400. The number of nitrogens with zero attached hydrogens (tertiary/aromatic N) is 1. The largest absolute Gasteiger partial charge is 0.480 e. The van der Waals surface area contributed by atoms with Crippen LogP contribution in [0, 0.1) is 0 Å². The molecule has 0 fully saturated rings. The molecule has 0 saturated heterocycles. The molecule has 0 aliphatic carbocycles. The van der Waals surface area contributed by atoms with E-state index in [4.69, 9.17) is 9.84 Å². The summed E-state index contributed by atoms with van der Waals surface area (Å²) in [5.41, 5.74) is -1.21. The highest BCUT2D eigenvalue weighted by Gasteiger charge is 2.04. The Hall–Kier alpha value is -2.42. The van der Waals surface area contributed by atoms with Gasteiger partial charge in [-0.3, -0.25) is 19.1 Å². The maximum absolute atomic E-state index is 11.4. The number of carbonyl (C=O) groups excluding carboxylic acids is 1. The highest BCUT2D eigenvalue weighted by atomic mass is 16.5. The molecule has 104 valence electrons. The third kappa shape index (κ3) is 5.64. The Morgan fingerprint density at radius 3 is 2.79 bits per heavy atom. The van der Waals surface area contributed by atoms with Crippen molar-refractivity contribution in [2.75, 3.05) is 19.8 Å². The van der Waals surface area contributed by atoms with Gasteiger partial charge in [-0.2, -0.15) is 0 Å². The van der Waals surface area contributed by atoms with Gasteiger partial charge in [0.2, 0.25) is 5.91 Å². The first-order chi connectivity index (χ1) is 8.99. The van der Waals surface area contributed by atoms with Crippen LogP contribution in [0.1, 0.15) is 0 Å². The zero-order chi connectivity index (χ0) is 14.3. The van der Waals surface area contributed by atoms with Gasteiger partial charge in [-0.15, -0.1) is 0 Å². The molecular formula is C10H13N3O6. The number of carboxylic acids is 1. The molecule has 1 rings (SSSR count). The van der Waals surface area contributed by atoms with Crippen molar-refractivity contribution in [3.63, 3.8) is 0 Å². The number of aromatic amines is 1. The maximum Gasteiger partial charge on any atom is 0.329 e. The van der Waals surface area contributed by atoms with Crippen LogP contribution in [0.4, 0.5) is 0 Å². The van der Waals surface area contributed by atoms with Crippen molar-refractivity contribution < 1.29 is 19.4 Å². The molecule has 0 radical (unpaired) electrons. The van der Waals surface area contributed by atoms with Crippen LogP contribution in [-0.4, -0.2) is 46.3 Å². The Morgan fingerprint density at radius 2 is 2.16 bits per heavy atom. The Labute approximate surface area is 106 Å². The van der Waals surface area contributed by atoms with Crippen molar-refractivity contribution in [3.8, 4) is 0 Å². The van der Waals surface area contributed by atoms with Crippen molar-refractivity contribution >= 4 is 11.9 Å². The van der Waals surface area contributed by atoms with Gasteiger partial charge in [-0.05, 0) is 0 Å². The van der Waals surface area contributed by atoms with Crippen LogP contribution in [-0.2, 0) is 20.9 Å². The molecule has 0 saturated carbocycles. The van der Waals surface area contributed by atoms with Crippen LogP contribution in [0.3, 0.4) is 0 Å². The van der Waals surface area contributed by atoms with Gasteiger partial charge >= 0.3 is 11.7 Å². The van der Waals surface area contributed by atoms with E-state index in [2.05, 4.69) is 5.32 Å². The van der Waals surface area contributed by atoms with Crippen LogP contribution >= 0.6 is 0 Å². The minimum atomic E-state index is -1.09. The predicted molar refractivity (Wildman–Crippen MR) is 62.8 cm³/mol. The summed E-state index contributed by atoms with van der Waals surface area (Å²) in [6.45, 7) is -0.493. The zero-order valence-electron chi connectivity index (χ0n) is 9.92. The van der Waals surface area contributed by atoms with E-state index >= 15 is 0 Å². The van der Waals surface area contributed by atoms with Gasteiger partial charge in [0.05, 0.1) is 6.61 Å². The first-order valence-electron chi connectivity index (χ1n) is 5.35. The van der Waals surface area contributed by atoms with Crippen molar-refractivity contribution in [1.82, 2.24) is 14.9 Å². The van der Waals surface area contributed by atoms with E-state index in [9.17, 15) is 19.2 Å². The van der Waals surface area contributed by atoms with E-state index in [0.29, 0.717) is 0 Å². The van der Waals surface area contributed by atoms with Crippen LogP contribution in [0.15, 0.2) is 21.9 Å². The molecule has 0 atom stereocenters. The molecule has 19 heavy (non-hydrogen) atoms. The molecular weight excluding hydrogens is 258 g/mol. The molecule has 1 aromatic rings. The Kier molecular flexibility index (Phi) is 5.48. The first kappa shape index (κ1) is 14.6. The molecule has 9 nitrogen and oxygen atoms in total. The van der Waals surface area contributed by atoms with E-state index in [0.717, 1.165) is 10.6 Å². The van der Waals surface area contributed by atoms with Crippen LogP contribution < -0.4 is 16.6 Å². The van der Waals surface area contributed by atoms with Gasteiger partial charge < -0.3 is 15.2 Å². The number of nitrogens with one attached hydrogen (secondary N) is 2. The average Bonchev–Trinajstić information content (AvgIpc) is 2.32. The second-order valence-electron chi connectivity index (χ2n) is 3.53. The minimum absolute atomic E-state index is 0.0541. The monoisotopic (exact) mass is 271 g/mol. The second-order valence-corrected chi connectivity index (χ2v) is 3.53. The number of ether oxygens (including phenoxy) is 1. The smallest absolute Gasteiger partial charge is 0.329 e. The molecule has 1 heterocycles. The highest BCUT2D eigenvalue weighted by molar-refractivity contribution is 5.75. The molecule has 0 bridgehead atoms. The lowest BCUT2D eigenvalue weighted by molar-refractivity contribution is -0.142. The second kappa shape index (κ2) is 7.11. The van der Waals surface area contributed by atoms with Gasteiger partial charge in [0, 0.05) is 18.8 Å². The van der Waals surface area contributed by atoms with Crippen molar-refractivity contribution in [2.45, 2.75) is 6.54 Å². The van der Waals surface area contributed by atoms with Crippen LogP contribution in [0.2, 0.25) is 0 Å². The number of carbonyl (C=O) groups is 2. The number of H-pyrrole nitrogens is 1. The number of hydrogen-bond acceptors (Lipinski definition) is 5. The number of aliphatic carboxylic acids is 1. The van der Waals surface area contributed by atoms with Gasteiger partial charge in [0.15, 0.2) is 0 Å². The summed E-state index contributed by atoms with van der Waals surface area (Å²) in [7, 11) is 0. The fourth-order valence-electron chi connectivity index (χ4n) is 1.20. The molecule has 0 aromatic carbocycles. The van der Waals surface area contributed by atoms with Crippen LogP contribution in [0.25, 0.3) is 0 Å². The quantitative estimate of drug-likeness (QED) is 0.480. The summed E-state index contributed by atoms with van der Waals surface area (Å²) in [4.78, 5) is 45.6. The zero-order valence-corrected chi connectivity index (χ0v) is 9.92. The molecule has 9 heteroatoms. The number of aromatic nitrogens is 2. The number of hydrogen-bond donors (Lipinski definition) is 3. The minimum Gasteiger partial charge on any atom is -0.480 e. The van der Waals surface area contributed by atoms with Gasteiger partial charge in [-0.1, -0.05) is 0 Å². The summed E-state index contributed by atoms with van der Waals surface area (Å²) in [6.07, 6.45) is 1.21. The van der Waals surface area contributed by atoms with Gasteiger partial charge in [0.1, 0.15) is 13.2 Å².